The number of hydrogen-bond donors (Lipinski definition) is 2. The Morgan fingerprint density at radius 2 is 1.59 bits per heavy atom. The molecule has 0 atom stereocenters. The molecular weight excluding hydrogens is 396 g/mol. The highest BCUT2D eigenvalue weighted by Gasteiger charge is 2.18. The Bertz CT molecular complexity index is 1160. The van der Waals surface area contributed by atoms with Crippen molar-refractivity contribution in [1.29, 1.82) is 0 Å². The van der Waals surface area contributed by atoms with E-state index in [9.17, 15) is 18.0 Å². The number of benzene rings is 2. The maximum Gasteiger partial charge on any atom is 0.303 e. The molecule has 8 nitrogen and oxygen atoms in total. The molecule has 0 radical (unpaired) electrons. The fraction of sp³-hybridized carbons (Fsp3) is 0.150. The minimum atomic E-state index is -3.79. The van der Waals surface area contributed by atoms with Crippen LogP contribution in [0.4, 0.5) is 0 Å². The number of ketones is 1. The Morgan fingerprint density at radius 3 is 2.14 bits per heavy atom. The van der Waals surface area contributed by atoms with E-state index in [1.807, 2.05) is 0 Å². The monoisotopic (exact) mass is 414 g/mol. The second-order valence-electron chi connectivity index (χ2n) is 6.43. The molecular formula is C20H18N2O6S. The van der Waals surface area contributed by atoms with E-state index in [0.717, 1.165) is 0 Å². The summed E-state index contributed by atoms with van der Waals surface area (Å²) in [5, 5.41) is 17.9. The number of primary sulfonamides is 1. The lowest BCUT2D eigenvalue weighted by molar-refractivity contribution is -0.136. The Hall–Kier alpha value is -3.30. The predicted octanol–water partition coefficient (Wildman–Crippen LogP) is 3.01. The lowest BCUT2D eigenvalue weighted by atomic mass is 9.98. The minimum Gasteiger partial charge on any atom is -0.481 e. The lowest BCUT2D eigenvalue weighted by Gasteiger charge is -2.06. The maximum absolute atomic E-state index is 12.0. The van der Waals surface area contributed by atoms with Crippen LogP contribution in [0.5, 0.6) is 0 Å². The van der Waals surface area contributed by atoms with Gasteiger partial charge in [0.25, 0.3) is 0 Å². The van der Waals surface area contributed by atoms with Gasteiger partial charge in [0.15, 0.2) is 5.78 Å². The summed E-state index contributed by atoms with van der Waals surface area (Å²) in [6.45, 7) is 1.74. The number of rotatable bonds is 7. The lowest BCUT2D eigenvalue weighted by Crippen LogP contribution is -2.11. The predicted molar refractivity (Wildman–Crippen MR) is 105 cm³/mol. The normalized spacial score (nSPS) is 11.4. The number of carbonyl (C=O) groups excluding carboxylic acids is 1. The van der Waals surface area contributed by atoms with E-state index in [2.05, 4.69) is 5.16 Å². The van der Waals surface area contributed by atoms with Crippen molar-refractivity contribution in [1.82, 2.24) is 5.16 Å². The Labute approximate surface area is 167 Å². The number of nitrogens with zero attached hydrogens (tertiary/aromatic N) is 1. The third kappa shape index (κ3) is 4.58. The zero-order valence-corrected chi connectivity index (χ0v) is 16.3. The van der Waals surface area contributed by atoms with Crippen molar-refractivity contribution in [3.8, 4) is 22.4 Å². The zero-order chi connectivity index (χ0) is 21.2. The summed E-state index contributed by atoms with van der Waals surface area (Å²) in [5.41, 5.74) is 3.04. The van der Waals surface area contributed by atoms with Gasteiger partial charge in [-0.15, -0.1) is 0 Å². The van der Waals surface area contributed by atoms with Crippen molar-refractivity contribution in [3.05, 3.63) is 59.9 Å². The number of sulfonamides is 1. The summed E-state index contributed by atoms with van der Waals surface area (Å²) in [6.07, 6.45) is -0.291. The molecule has 150 valence electrons. The molecule has 0 fully saturated rings. The van der Waals surface area contributed by atoms with Crippen molar-refractivity contribution in [2.75, 3.05) is 0 Å². The number of Topliss-reactive ketones (excluding diaryl/α,β-unsaturated/α-hetero) is 1. The Kier molecular flexibility index (Phi) is 5.62. The highest BCUT2D eigenvalue weighted by Crippen LogP contribution is 2.34. The first-order valence-corrected chi connectivity index (χ1v) is 10.2. The first-order chi connectivity index (χ1) is 13.7. The molecule has 1 heterocycles. The number of aromatic nitrogens is 1. The Balaban J connectivity index is 1.91. The van der Waals surface area contributed by atoms with Crippen molar-refractivity contribution in [3.63, 3.8) is 0 Å². The van der Waals surface area contributed by atoms with Crippen LogP contribution in [0.3, 0.4) is 0 Å². The minimum absolute atomic E-state index is 0.00105. The number of carboxylic acid groups (broad SMARTS) is 1. The number of carboxylic acids is 1. The molecule has 3 rings (SSSR count). The summed E-state index contributed by atoms with van der Waals surface area (Å²) in [5.74, 6) is -0.731. The number of carbonyl (C=O) groups is 2. The van der Waals surface area contributed by atoms with E-state index in [1.54, 1.807) is 43.3 Å². The van der Waals surface area contributed by atoms with Crippen LogP contribution in [0.15, 0.2) is 57.9 Å². The van der Waals surface area contributed by atoms with E-state index in [1.165, 1.54) is 12.1 Å². The Morgan fingerprint density at radius 1 is 1.00 bits per heavy atom. The van der Waals surface area contributed by atoms with Crippen molar-refractivity contribution < 1.29 is 27.6 Å². The van der Waals surface area contributed by atoms with Gasteiger partial charge in [-0.3, -0.25) is 9.59 Å². The van der Waals surface area contributed by atoms with Gasteiger partial charge in [-0.1, -0.05) is 41.6 Å². The van der Waals surface area contributed by atoms with Crippen LogP contribution in [0.25, 0.3) is 22.4 Å². The van der Waals surface area contributed by atoms with E-state index in [0.29, 0.717) is 33.7 Å². The second kappa shape index (κ2) is 7.98. The van der Waals surface area contributed by atoms with Crippen molar-refractivity contribution >= 4 is 21.8 Å². The standard InChI is InChI=1S/C20H18N2O6S/c1-12-19(14-6-8-16(9-7-14)29(21,26)27)20(22-28-12)15-4-2-13(3-5-15)17(23)10-11-18(24)25/h2-9H,10-11H2,1H3,(H,24,25)(H2,21,26,27). The van der Waals surface area contributed by atoms with E-state index >= 15 is 0 Å². The van der Waals surface area contributed by atoms with Gasteiger partial charge in [-0.05, 0) is 24.6 Å². The molecule has 9 heteroatoms. The highest BCUT2D eigenvalue weighted by molar-refractivity contribution is 7.89. The van der Waals surface area contributed by atoms with Crippen LogP contribution in [-0.2, 0) is 14.8 Å². The fourth-order valence-corrected chi connectivity index (χ4v) is 3.41. The SMILES string of the molecule is Cc1onc(-c2ccc(C(=O)CCC(=O)O)cc2)c1-c1ccc(S(N)(=O)=O)cc1. The van der Waals surface area contributed by atoms with Gasteiger partial charge in [0.05, 0.1) is 16.9 Å². The largest absolute Gasteiger partial charge is 0.481 e. The van der Waals surface area contributed by atoms with Crippen LogP contribution in [0.1, 0.15) is 29.0 Å². The quantitative estimate of drug-likeness (QED) is 0.566. The van der Waals surface area contributed by atoms with Gasteiger partial charge in [0.2, 0.25) is 10.0 Å². The molecule has 0 bridgehead atoms. The second-order valence-corrected chi connectivity index (χ2v) is 7.99. The molecule has 0 saturated carbocycles. The van der Waals surface area contributed by atoms with E-state index in [-0.39, 0.29) is 23.5 Å². The molecule has 0 aliphatic heterocycles. The van der Waals surface area contributed by atoms with Gasteiger partial charge in [-0.2, -0.15) is 0 Å². The highest BCUT2D eigenvalue weighted by atomic mass is 32.2. The number of aryl methyl sites for hydroxylation is 1. The smallest absolute Gasteiger partial charge is 0.303 e. The molecule has 0 saturated heterocycles. The number of hydrogen-bond acceptors (Lipinski definition) is 6. The molecule has 3 aromatic rings. The molecule has 0 aliphatic rings. The molecule has 1 aromatic heterocycles. The number of nitrogens with two attached hydrogens (primary N) is 1. The first-order valence-electron chi connectivity index (χ1n) is 8.62. The molecule has 29 heavy (non-hydrogen) atoms. The summed E-state index contributed by atoms with van der Waals surface area (Å²) >= 11 is 0. The maximum atomic E-state index is 12.0. The summed E-state index contributed by atoms with van der Waals surface area (Å²) in [4.78, 5) is 22.7. The third-order valence-corrected chi connectivity index (χ3v) is 5.31. The molecule has 0 spiro atoms. The summed E-state index contributed by atoms with van der Waals surface area (Å²) in [7, 11) is -3.79. The third-order valence-electron chi connectivity index (χ3n) is 4.38. The first kappa shape index (κ1) is 20.4. The van der Waals surface area contributed by atoms with Gasteiger partial charge >= 0.3 is 5.97 Å². The van der Waals surface area contributed by atoms with E-state index in [4.69, 9.17) is 14.8 Å². The van der Waals surface area contributed by atoms with Crippen LogP contribution < -0.4 is 5.14 Å². The molecule has 2 aromatic carbocycles. The number of aliphatic carboxylic acids is 1. The molecule has 0 aliphatic carbocycles. The van der Waals surface area contributed by atoms with Gasteiger partial charge in [0.1, 0.15) is 11.5 Å². The topological polar surface area (TPSA) is 141 Å². The molecule has 0 amide bonds. The average molecular weight is 414 g/mol. The van der Waals surface area contributed by atoms with Crippen LogP contribution >= 0.6 is 0 Å². The zero-order valence-electron chi connectivity index (χ0n) is 15.5. The van der Waals surface area contributed by atoms with Crippen LogP contribution in [0.2, 0.25) is 0 Å². The van der Waals surface area contributed by atoms with Gasteiger partial charge in [-0.25, -0.2) is 13.6 Å². The van der Waals surface area contributed by atoms with Gasteiger partial charge < -0.3 is 9.63 Å². The van der Waals surface area contributed by atoms with E-state index < -0.39 is 16.0 Å². The summed E-state index contributed by atoms with van der Waals surface area (Å²) < 4.78 is 28.2. The van der Waals surface area contributed by atoms with Crippen LogP contribution in [-0.4, -0.2) is 30.4 Å². The van der Waals surface area contributed by atoms with Crippen molar-refractivity contribution in [2.45, 2.75) is 24.7 Å². The summed E-state index contributed by atoms with van der Waals surface area (Å²) in [6, 6.07) is 12.7. The van der Waals surface area contributed by atoms with Crippen molar-refractivity contribution in [2.24, 2.45) is 5.14 Å². The molecule has 3 N–H and O–H groups in total. The fourth-order valence-electron chi connectivity index (χ4n) is 2.90. The van der Waals surface area contributed by atoms with Crippen LogP contribution in [0, 0.1) is 6.92 Å². The average Bonchev–Trinajstić information content (AvgIpc) is 3.07. The van der Waals surface area contributed by atoms with Gasteiger partial charge in [0, 0.05) is 17.5 Å². The molecule has 0 unspecified atom stereocenters.